The lowest BCUT2D eigenvalue weighted by molar-refractivity contribution is 0.626. The molecule has 28 heavy (non-hydrogen) atoms. The van der Waals surface area contributed by atoms with E-state index in [0.717, 1.165) is 56.0 Å². The van der Waals surface area contributed by atoms with Gasteiger partial charge in [0.2, 0.25) is 0 Å². The maximum atomic E-state index is 12.2. The fraction of sp³-hybridized carbons (Fsp3) is 0.429. The van der Waals surface area contributed by atoms with Crippen molar-refractivity contribution in [2.24, 2.45) is 7.05 Å². The van der Waals surface area contributed by atoms with E-state index in [1.807, 2.05) is 18.2 Å². The number of aryl methyl sites for hydroxylation is 3. The van der Waals surface area contributed by atoms with Crippen molar-refractivity contribution in [3.05, 3.63) is 52.2 Å². The monoisotopic (exact) mass is 376 g/mol. The van der Waals surface area contributed by atoms with Gasteiger partial charge in [0.1, 0.15) is 0 Å². The molecule has 144 valence electrons. The molecular weight excluding hydrogens is 352 g/mol. The first-order valence-electron chi connectivity index (χ1n) is 10.00. The molecule has 1 aliphatic carbocycles. The molecule has 2 aromatic heterocycles. The summed E-state index contributed by atoms with van der Waals surface area (Å²) >= 11 is 0. The summed E-state index contributed by atoms with van der Waals surface area (Å²) in [5.74, 6) is 1.00. The highest BCUT2D eigenvalue weighted by atomic mass is 16.1. The summed E-state index contributed by atoms with van der Waals surface area (Å²) in [6, 6.07) is 8.18. The van der Waals surface area contributed by atoms with Crippen LogP contribution < -0.4 is 15.4 Å². The second-order valence-electron chi connectivity index (χ2n) is 7.72. The van der Waals surface area contributed by atoms with Crippen LogP contribution in [0, 0.1) is 0 Å². The van der Waals surface area contributed by atoms with Crippen LogP contribution in [0.15, 0.2) is 35.4 Å². The molecule has 3 heterocycles. The van der Waals surface area contributed by atoms with E-state index in [0.29, 0.717) is 5.39 Å². The Morgan fingerprint density at radius 1 is 0.929 bits per heavy atom. The van der Waals surface area contributed by atoms with Crippen LogP contribution in [0.2, 0.25) is 0 Å². The number of anilines is 2. The highest BCUT2D eigenvalue weighted by Crippen LogP contribution is 2.25. The van der Waals surface area contributed by atoms with Crippen molar-refractivity contribution >= 4 is 22.4 Å². The van der Waals surface area contributed by atoms with E-state index in [9.17, 15) is 4.79 Å². The lowest BCUT2D eigenvalue weighted by Crippen LogP contribution is -2.47. The molecule has 3 aromatic rings. The minimum absolute atomic E-state index is 0.00708. The second-order valence-corrected chi connectivity index (χ2v) is 7.72. The van der Waals surface area contributed by atoms with Gasteiger partial charge in [0.25, 0.3) is 5.56 Å². The summed E-state index contributed by atoms with van der Waals surface area (Å²) in [6.07, 6.45) is 6.26. The Kier molecular flexibility index (Phi) is 4.22. The molecule has 7 nitrogen and oxygen atoms in total. The summed E-state index contributed by atoms with van der Waals surface area (Å²) in [5.41, 5.74) is 4.42. The highest BCUT2D eigenvalue weighted by Gasteiger charge is 2.21. The zero-order valence-corrected chi connectivity index (χ0v) is 16.1. The van der Waals surface area contributed by atoms with Crippen molar-refractivity contribution in [3.8, 4) is 0 Å². The summed E-state index contributed by atoms with van der Waals surface area (Å²) < 4.78 is 1.51. The maximum absolute atomic E-state index is 12.2. The average molecular weight is 376 g/mol. The Bertz CT molecular complexity index is 1080. The molecule has 1 saturated heterocycles. The van der Waals surface area contributed by atoms with Crippen molar-refractivity contribution in [1.82, 2.24) is 19.7 Å². The number of aromatic nitrogens is 4. The molecule has 0 saturated carbocycles. The first kappa shape index (κ1) is 17.2. The SMILES string of the molecule is Cn1cnc2cc(N3CCN(c4cc5c(nn4)CCCC5)CC3)ccc2c1=O. The molecule has 1 aromatic carbocycles. The van der Waals surface area contributed by atoms with Gasteiger partial charge in [0.15, 0.2) is 5.82 Å². The number of nitrogens with zero attached hydrogens (tertiary/aromatic N) is 6. The van der Waals surface area contributed by atoms with E-state index in [-0.39, 0.29) is 5.56 Å². The molecule has 7 heteroatoms. The second kappa shape index (κ2) is 6.89. The predicted molar refractivity (Wildman–Crippen MR) is 110 cm³/mol. The van der Waals surface area contributed by atoms with Crippen molar-refractivity contribution in [2.75, 3.05) is 36.0 Å². The quantitative estimate of drug-likeness (QED) is 0.681. The van der Waals surface area contributed by atoms with Gasteiger partial charge in [-0.05, 0) is 55.5 Å². The molecule has 1 fully saturated rings. The zero-order valence-electron chi connectivity index (χ0n) is 16.1. The van der Waals surface area contributed by atoms with Crippen molar-refractivity contribution in [3.63, 3.8) is 0 Å². The van der Waals surface area contributed by atoms with Gasteiger partial charge in [-0.1, -0.05) is 0 Å². The third kappa shape index (κ3) is 3.00. The molecule has 0 bridgehead atoms. The highest BCUT2D eigenvalue weighted by molar-refractivity contribution is 5.81. The number of fused-ring (bicyclic) bond motifs is 2. The molecule has 0 radical (unpaired) electrons. The van der Waals surface area contributed by atoms with Gasteiger partial charge in [0, 0.05) is 38.9 Å². The van der Waals surface area contributed by atoms with Crippen LogP contribution in [0.5, 0.6) is 0 Å². The normalized spacial score (nSPS) is 17.0. The van der Waals surface area contributed by atoms with E-state index >= 15 is 0 Å². The van der Waals surface area contributed by atoms with Gasteiger partial charge in [-0.15, -0.1) is 5.10 Å². The van der Waals surface area contributed by atoms with Crippen LogP contribution in [-0.2, 0) is 19.9 Å². The summed E-state index contributed by atoms with van der Waals surface area (Å²) in [6.45, 7) is 3.65. The van der Waals surface area contributed by atoms with Crippen LogP contribution in [0.3, 0.4) is 0 Å². The Hall–Kier alpha value is -2.96. The fourth-order valence-corrected chi connectivity index (χ4v) is 4.22. The maximum Gasteiger partial charge on any atom is 0.260 e. The molecule has 0 unspecified atom stereocenters. The van der Waals surface area contributed by atoms with E-state index in [1.165, 1.54) is 28.7 Å². The zero-order chi connectivity index (χ0) is 19.1. The smallest absolute Gasteiger partial charge is 0.260 e. The Morgan fingerprint density at radius 3 is 2.57 bits per heavy atom. The molecule has 0 N–H and O–H groups in total. The number of benzene rings is 1. The van der Waals surface area contributed by atoms with Gasteiger partial charge in [-0.2, -0.15) is 5.10 Å². The van der Waals surface area contributed by atoms with Crippen LogP contribution in [0.25, 0.3) is 10.9 Å². The fourth-order valence-electron chi connectivity index (χ4n) is 4.22. The molecule has 5 rings (SSSR count). The molecule has 0 amide bonds. The largest absolute Gasteiger partial charge is 0.368 e. The number of hydrogen-bond donors (Lipinski definition) is 0. The van der Waals surface area contributed by atoms with E-state index in [2.05, 4.69) is 31.0 Å². The minimum atomic E-state index is -0.00708. The Morgan fingerprint density at radius 2 is 1.71 bits per heavy atom. The topological polar surface area (TPSA) is 67.2 Å². The predicted octanol–water partition coefficient (Wildman–Crippen LogP) is 1.93. The third-order valence-electron chi connectivity index (χ3n) is 5.93. The van der Waals surface area contributed by atoms with E-state index < -0.39 is 0 Å². The van der Waals surface area contributed by atoms with Crippen molar-refractivity contribution in [1.29, 1.82) is 0 Å². The first-order chi connectivity index (χ1) is 13.7. The summed E-state index contributed by atoms with van der Waals surface area (Å²) in [4.78, 5) is 21.3. The van der Waals surface area contributed by atoms with Gasteiger partial charge in [0.05, 0.1) is 22.9 Å². The van der Waals surface area contributed by atoms with Gasteiger partial charge < -0.3 is 14.4 Å². The molecule has 2 aliphatic rings. The van der Waals surface area contributed by atoms with Crippen LogP contribution in [-0.4, -0.2) is 45.9 Å². The van der Waals surface area contributed by atoms with Gasteiger partial charge in [-0.25, -0.2) is 4.98 Å². The number of piperazine rings is 1. The first-order valence-corrected chi connectivity index (χ1v) is 10.00. The Labute approximate surface area is 163 Å². The third-order valence-corrected chi connectivity index (χ3v) is 5.93. The average Bonchev–Trinajstić information content (AvgIpc) is 2.76. The van der Waals surface area contributed by atoms with Gasteiger partial charge in [-0.3, -0.25) is 4.79 Å². The standard InChI is InChI=1S/C21H24N6O/c1-25-14-22-19-13-16(6-7-17(19)21(25)28)26-8-10-27(11-9-26)20-12-15-4-2-3-5-18(15)23-24-20/h6-7,12-14H,2-5,8-11H2,1H3. The lowest BCUT2D eigenvalue weighted by Gasteiger charge is -2.36. The van der Waals surface area contributed by atoms with E-state index in [1.54, 1.807) is 13.4 Å². The van der Waals surface area contributed by atoms with Crippen molar-refractivity contribution in [2.45, 2.75) is 25.7 Å². The van der Waals surface area contributed by atoms with Gasteiger partial charge >= 0.3 is 0 Å². The molecule has 0 spiro atoms. The lowest BCUT2D eigenvalue weighted by atomic mass is 9.97. The van der Waals surface area contributed by atoms with Crippen molar-refractivity contribution < 1.29 is 0 Å². The summed E-state index contributed by atoms with van der Waals surface area (Å²) in [7, 11) is 1.73. The minimum Gasteiger partial charge on any atom is -0.368 e. The van der Waals surface area contributed by atoms with Crippen LogP contribution in [0.1, 0.15) is 24.1 Å². The molecule has 1 aliphatic heterocycles. The van der Waals surface area contributed by atoms with Crippen LogP contribution in [0.4, 0.5) is 11.5 Å². The summed E-state index contributed by atoms with van der Waals surface area (Å²) in [5, 5.41) is 9.62. The van der Waals surface area contributed by atoms with E-state index in [4.69, 9.17) is 0 Å². The molecule has 0 atom stereocenters. The number of rotatable bonds is 2. The Balaban J connectivity index is 1.32. The molecular formula is C21H24N6O. The van der Waals surface area contributed by atoms with Crippen LogP contribution >= 0.6 is 0 Å². The number of hydrogen-bond acceptors (Lipinski definition) is 6.